The van der Waals surface area contributed by atoms with Gasteiger partial charge in [0, 0.05) is 47.3 Å². The SMILES string of the molecule is CC(O)[C@H]1C(=O)N2C(C(=O)O)=C(S[C@H]3C[C@@H](C(=O)N[C@@H]4CCN(C)C4)N(C(=O)OCc4ccc([N+](=O)[O-])cc4)C3)[C@H](C)[C@H]12. The van der Waals surface area contributed by atoms with Gasteiger partial charge in [-0.2, -0.15) is 0 Å². The third-order valence-corrected chi connectivity index (χ3v) is 10.1. The maximum Gasteiger partial charge on any atom is 0.410 e. The van der Waals surface area contributed by atoms with E-state index in [0.717, 1.165) is 13.0 Å². The van der Waals surface area contributed by atoms with Gasteiger partial charge in [0.05, 0.1) is 23.0 Å². The van der Waals surface area contributed by atoms with E-state index < -0.39 is 47.0 Å². The van der Waals surface area contributed by atoms with E-state index in [4.69, 9.17) is 4.74 Å². The Morgan fingerprint density at radius 3 is 2.51 bits per heavy atom. The molecule has 0 aliphatic carbocycles. The van der Waals surface area contributed by atoms with Gasteiger partial charge in [-0.05, 0) is 51.1 Å². The molecule has 4 aliphatic rings. The number of non-ortho nitro benzene ring substituents is 1. The van der Waals surface area contributed by atoms with E-state index in [9.17, 15) is 39.5 Å². The monoisotopic (exact) mass is 617 g/mol. The van der Waals surface area contributed by atoms with Gasteiger partial charge in [0.2, 0.25) is 11.8 Å². The molecule has 0 bridgehead atoms. The molecule has 14 nitrogen and oxygen atoms in total. The average molecular weight is 618 g/mol. The summed E-state index contributed by atoms with van der Waals surface area (Å²) in [6, 6.07) is 4.21. The van der Waals surface area contributed by atoms with Crippen LogP contribution in [-0.4, -0.2) is 110 Å². The number of nitrogens with zero attached hydrogens (tertiary/aromatic N) is 4. The minimum Gasteiger partial charge on any atom is -0.477 e. The number of aliphatic hydroxyl groups is 1. The van der Waals surface area contributed by atoms with Gasteiger partial charge in [-0.1, -0.05) is 6.92 Å². The summed E-state index contributed by atoms with van der Waals surface area (Å²) in [7, 11) is 1.96. The van der Waals surface area contributed by atoms with Gasteiger partial charge in [0.25, 0.3) is 5.69 Å². The van der Waals surface area contributed by atoms with Crippen LogP contribution in [0.4, 0.5) is 10.5 Å². The molecule has 4 heterocycles. The molecule has 1 unspecified atom stereocenters. The topological polar surface area (TPSA) is 183 Å². The fourth-order valence-electron chi connectivity index (χ4n) is 6.48. The number of nitro benzene ring substituents is 1. The van der Waals surface area contributed by atoms with Crippen LogP contribution in [-0.2, 0) is 25.7 Å². The van der Waals surface area contributed by atoms with Crippen molar-refractivity contribution < 1.29 is 39.1 Å². The Bertz CT molecular complexity index is 1350. The van der Waals surface area contributed by atoms with E-state index in [1.165, 1.54) is 52.8 Å². The van der Waals surface area contributed by atoms with E-state index >= 15 is 0 Å². The number of aliphatic hydroxyl groups excluding tert-OH is 1. The minimum atomic E-state index is -1.24. The lowest BCUT2D eigenvalue weighted by Crippen LogP contribution is -2.63. The molecule has 7 atom stereocenters. The first-order chi connectivity index (χ1) is 20.4. The molecule has 0 radical (unpaired) electrons. The Kier molecular flexibility index (Phi) is 8.68. The number of rotatable bonds is 9. The molecule has 3 amide bonds. The first kappa shape index (κ1) is 30.8. The Labute approximate surface area is 252 Å². The number of carbonyl (C=O) groups is 4. The van der Waals surface area contributed by atoms with Crippen molar-refractivity contribution in [3.8, 4) is 0 Å². The number of carboxylic acid groups (broad SMARTS) is 1. The number of β-lactam (4-membered cyclic amide) rings is 1. The van der Waals surface area contributed by atoms with Crippen molar-refractivity contribution in [3.05, 3.63) is 50.5 Å². The van der Waals surface area contributed by atoms with Crippen molar-refractivity contribution in [1.82, 2.24) is 20.0 Å². The third-order valence-electron chi connectivity index (χ3n) is 8.65. The molecular weight excluding hydrogens is 582 g/mol. The first-order valence-electron chi connectivity index (χ1n) is 14.2. The largest absolute Gasteiger partial charge is 0.477 e. The smallest absolute Gasteiger partial charge is 0.410 e. The number of aliphatic carboxylic acids is 1. The number of likely N-dealkylation sites (tertiary alicyclic amines) is 2. The lowest BCUT2D eigenvalue weighted by Gasteiger charge is -2.46. The van der Waals surface area contributed by atoms with Gasteiger partial charge in [0.15, 0.2) is 0 Å². The maximum absolute atomic E-state index is 13.5. The van der Waals surface area contributed by atoms with Gasteiger partial charge >= 0.3 is 12.1 Å². The maximum atomic E-state index is 13.5. The number of amides is 3. The number of nitrogens with one attached hydrogen (secondary N) is 1. The number of likely N-dealkylation sites (N-methyl/N-ethyl adjacent to an activating group) is 1. The van der Waals surface area contributed by atoms with Crippen molar-refractivity contribution in [1.29, 1.82) is 0 Å². The molecule has 1 aromatic rings. The van der Waals surface area contributed by atoms with Crippen molar-refractivity contribution >= 4 is 41.3 Å². The second-order valence-corrected chi connectivity index (χ2v) is 13.0. The van der Waals surface area contributed by atoms with E-state index in [1.807, 2.05) is 14.0 Å². The molecule has 5 rings (SSSR count). The molecule has 0 spiro atoms. The van der Waals surface area contributed by atoms with Gasteiger partial charge in [-0.3, -0.25) is 24.6 Å². The molecule has 3 fully saturated rings. The Morgan fingerprint density at radius 2 is 1.93 bits per heavy atom. The summed E-state index contributed by atoms with van der Waals surface area (Å²) in [5, 5.41) is 33.8. The molecule has 232 valence electrons. The molecule has 0 aromatic heterocycles. The summed E-state index contributed by atoms with van der Waals surface area (Å²) in [4.78, 5) is 67.3. The molecular formula is C28H35N5O9S. The van der Waals surface area contributed by atoms with Crippen molar-refractivity contribution in [2.24, 2.45) is 11.8 Å². The highest BCUT2D eigenvalue weighted by atomic mass is 32.2. The number of fused-ring (bicyclic) bond motifs is 1. The number of hydrogen-bond donors (Lipinski definition) is 3. The van der Waals surface area contributed by atoms with Crippen LogP contribution in [0, 0.1) is 22.0 Å². The second kappa shape index (κ2) is 12.1. The van der Waals surface area contributed by atoms with Crippen molar-refractivity contribution in [3.63, 3.8) is 0 Å². The molecule has 1 aromatic carbocycles. The summed E-state index contributed by atoms with van der Waals surface area (Å²) in [6.07, 6.45) is -0.636. The molecule has 0 saturated carbocycles. The standard InChI is InChI=1S/C28H35N5O9S/c1-14-22-21(15(2)34)26(36)32(22)23(27(37)38)24(14)43-19-10-20(25(35)29-17-8-9-30(3)11-17)31(12-19)28(39)42-13-16-4-6-18(7-5-16)33(40)41/h4-7,14-15,17,19-22,34H,8-13H2,1-3H3,(H,29,35)(H,37,38)/t14-,15?,17-,19+,20+,21-,22-/m1/s1. The van der Waals surface area contributed by atoms with Gasteiger partial charge in [-0.15, -0.1) is 11.8 Å². The lowest BCUT2D eigenvalue weighted by atomic mass is 9.79. The number of ether oxygens (including phenoxy) is 1. The van der Waals surface area contributed by atoms with Crippen LogP contribution >= 0.6 is 11.8 Å². The van der Waals surface area contributed by atoms with Crippen LogP contribution in [0.2, 0.25) is 0 Å². The summed E-state index contributed by atoms with van der Waals surface area (Å²) >= 11 is 1.25. The zero-order chi connectivity index (χ0) is 31.2. The van der Waals surface area contributed by atoms with Crippen LogP contribution in [0.25, 0.3) is 0 Å². The highest BCUT2D eigenvalue weighted by Crippen LogP contribution is 2.52. The average Bonchev–Trinajstić information content (AvgIpc) is 3.62. The normalized spacial score (nSPS) is 29.3. The number of carbonyl (C=O) groups excluding carboxylic acids is 3. The van der Waals surface area contributed by atoms with Crippen molar-refractivity contribution in [2.45, 2.75) is 62.8 Å². The summed E-state index contributed by atoms with van der Waals surface area (Å²) in [5.41, 5.74) is 0.335. The quantitative estimate of drug-likeness (QED) is 0.207. The van der Waals surface area contributed by atoms with E-state index in [0.29, 0.717) is 17.0 Å². The van der Waals surface area contributed by atoms with E-state index in [-0.39, 0.29) is 54.1 Å². The lowest BCUT2D eigenvalue weighted by molar-refractivity contribution is -0.384. The van der Waals surface area contributed by atoms with Crippen LogP contribution in [0.1, 0.15) is 32.3 Å². The molecule has 43 heavy (non-hydrogen) atoms. The van der Waals surface area contributed by atoms with Crippen LogP contribution in [0.15, 0.2) is 34.9 Å². The molecule has 15 heteroatoms. The highest BCUT2D eigenvalue weighted by Gasteiger charge is 2.60. The number of nitro groups is 1. The van der Waals surface area contributed by atoms with Crippen LogP contribution in [0.3, 0.4) is 0 Å². The zero-order valence-corrected chi connectivity index (χ0v) is 24.9. The van der Waals surface area contributed by atoms with E-state index in [2.05, 4.69) is 10.2 Å². The molecule has 4 aliphatic heterocycles. The van der Waals surface area contributed by atoms with Gasteiger partial charge < -0.3 is 30.1 Å². The number of thioether (sulfide) groups is 1. The predicted molar refractivity (Wildman–Crippen MR) is 153 cm³/mol. The van der Waals surface area contributed by atoms with Crippen LogP contribution in [0.5, 0.6) is 0 Å². The summed E-state index contributed by atoms with van der Waals surface area (Å²) < 4.78 is 5.51. The van der Waals surface area contributed by atoms with E-state index in [1.54, 1.807) is 0 Å². The first-order valence-corrected chi connectivity index (χ1v) is 15.1. The fraction of sp³-hybridized carbons (Fsp3) is 0.571. The molecule has 3 saturated heterocycles. The zero-order valence-electron chi connectivity index (χ0n) is 24.0. The van der Waals surface area contributed by atoms with Gasteiger partial charge in [-0.25, -0.2) is 9.59 Å². The number of carboxylic acids is 1. The Hall–Kier alpha value is -3.69. The van der Waals surface area contributed by atoms with Crippen LogP contribution < -0.4 is 5.32 Å². The third kappa shape index (κ3) is 5.93. The minimum absolute atomic E-state index is 0.0646. The van der Waals surface area contributed by atoms with Gasteiger partial charge in [0.1, 0.15) is 18.3 Å². The number of benzene rings is 1. The Morgan fingerprint density at radius 1 is 1.23 bits per heavy atom. The summed E-state index contributed by atoms with van der Waals surface area (Å²) in [6.45, 7) is 4.81. The highest BCUT2D eigenvalue weighted by molar-refractivity contribution is 8.03. The number of hydrogen-bond acceptors (Lipinski definition) is 10. The molecule has 3 N–H and O–H groups in total. The second-order valence-electron chi connectivity index (χ2n) is 11.7. The Balaban J connectivity index is 1.33. The predicted octanol–water partition coefficient (Wildman–Crippen LogP) is 1.38. The fourth-order valence-corrected chi connectivity index (χ4v) is 8.01. The van der Waals surface area contributed by atoms with Crippen molar-refractivity contribution in [2.75, 3.05) is 26.7 Å². The summed E-state index contributed by atoms with van der Waals surface area (Å²) in [5.74, 6) is -3.04.